The summed E-state index contributed by atoms with van der Waals surface area (Å²) in [5.74, 6) is -0.295. The molecular weight excluding hydrogens is 404 g/mol. The number of anilines is 3. The van der Waals surface area contributed by atoms with E-state index in [0.717, 1.165) is 33.6 Å². The van der Waals surface area contributed by atoms with Gasteiger partial charge < -0.3 is 4.90 Å². The Morgan fingerprint density at radius 3 is 1.64 bits per heavy atom. The third-order valence-electron chi connectivity index (χ3n) is 5.64. The van der Waals surface area contributed by atoms with Crippen molar-refractivity contribution in [3.8, 4) is 22.3 Å². The Morgan fingerprint density at radius 2 is 1.03 bits per heavy atom. The summed E-state index contributed by atoms with van der Waals surface area (Å²) < 4.78 is 16.1. The molecule has 5 rings (SSSR count). The smallest absolute Gasteiger partial charge is 0.148 e. The minimum absolute atomic E-state index is 0.295. The number of para-hydroxylation sites is 1. The molecule has 0 saturated heterocycles. The first-order chi connectivity index (χ1) is 16.2. The molecule has 0 unspecified atom stereocenters. The minimum Gasteiger partial charge on any atom is -0.307 e. The number of benzene rings is 5. The van der Waals surface area contributed by atoms with Crippen LogP contribution in [0.3, 0.4) is 0 Å². The van der Waals surface area contributed by atoms with E-state index in [1.54, 1.807) is 6.07 Å². The number of halogens is 1. The highest BCUT2D eigenvalue weighted by molar-refractivity contribution is 6.32. The Bertz CT molecular complexity index is 1350. The predicted molar refractivity (Wildman–Crippen MR) is 137 cm³/mol. The normalized spacial score (nSPS) is 10.7. The average Bonchev–Trinajstić information content (AvgIpc) is 2.88. The topological polar surface area (TPSA) is 3.24 Å². The van der Waals surface area contributed by atoms with E-state index in [1.165, 1.54) is 0 Å². The van der Waals surface area contributed by atoms with Gasteiger partial charge >= 0.3 is 0 Å². The second kappa shape index (κ2) is 9.18. The molecule has 1 nitrogen and oxygen atoms in total. The second-order valence-corrected chi connectivity index (χ2v) is 7.85. The lowest BCUT2D eigenvalue weighted by atomic mass is 9.94. The molecule has 0 saturated carbocycles. The highest BCUT2D eigenvalue weighted by Gasteiger charge is 2.22. The van der Waals surface area contributed by atoms with E-state index in [4.69, 9.17) is 7.85 Å². The largest absolute Gasteiger partial charge is 0.307 e. The maximum Gasteiger partial charge on any atom is 0.148 e. The van der Waals surface area contributed by atoms with Gasteiger partial charge in [-0.15, -0.1) is 0 Å². The zero-order valence-corrected chi connectivity index (χ0v) is 18.0. The molecule has 5 aromatic carbocycles. The number of nitrogens with zero attached hydrogens (tertiary/aromatic N) is 1. The third kappa shape index (κ3) is 4.31. The van der Waals surface area contributed by atoms with Crippen molar-refractivity contribution in [1.82, 2.24) is 0 Å². The van der Waals surface area contributed by atoms with Crippen molar-refractivity contribution >= 4 is 30.4 Å². The lowest BCUT2D eigenvalue weighted by Gasteiger charge is -2.29. The zero-order valence-electron chi connectivity index (χ0n) is 18.0. The summed E-state index contributed by atoms with van der Waals surface area (Å²) >= 11 is 0. The quantitative estimate of drug-likeness (QED) is 0.265. The first-order valence-corrected chi connectivity index (χ1v) is 10.9. The van der Waals surface area contributed by atoms with Crippen LogP contribution in [0, 0.1) is 5.82 Å². The number of rotatable bonds is 5. The second-order valence-electron chi connectivity index (χ2n) is 7.85. The fourth-order valence-corrected chi connectivity index (χ4v) is 4.07. The van der Waals surface area contributed by atoms with Gasteiger partial charge in [0.25, 0.3) is 0 Å². The lowest BCUT2D eigenvalue weighted by molar-refractivity contribution is 0.630. The lowest BCUT2D eigenvalue weighted by Crippen LogP contribution is -2.14. The summed E-state index contributed by atoms with van der Waals surface area (Å²) in [5, 5.41) is 0. The third-order valence-corrected chi connectivity index (χ3v) is 5.64. The Hall–Kier alpha value is -4.11. The van der Waals surface area contributed by atoms with E-state index >= 15 is 4.39 Å². The van der Waals surface area contributed by atoms with Gasteiger partial charge in [-0.1, -0.05) is 96.5 Å². The molecule has 0 N–H and O–H groups in total. The van der Waals surface area contributed by atoms with Crippen LogP contribution in [0.5, 0.6) is 0 Å². The molecule has 0 heterocycles. The van der Waals surface area contributed by atoms with Gasteiger partial charge in [0, 0.05) is 16.9 Å². The van der Waals surface area contributed by atoms with Crippen molar-refractivity contribution in [2.75, 3.05) is 4.90 Å². The Balaban J connectivity index is 1.80. The van der Waals surface area contributed by atoms with Gasteiger partial charge in [-0.3, -0.25) is 0 Å². The van der Waals surface area contributed by atoms with Crippen LogP contribution in [-0.4, -0.2) is 7.85 Å². The van der Waals surface area contributed by atoms with Crippen LogP contribution in [0.15, 0.2) is 127 Å². The average molecular weight is 425 g/mol. The van der Waals surface area contributed by atoms with Gasteiger partial charge in [-0.25, -0.2) is 4.39 Å². The van der Waals surface area contributed by atoms with E-state index in [1.807, 2.05) is 120 Å². The highest BCUT2D eigenvalue weighted by atomic mass is 19.1. The fourth-order valence-electron chi connectivity index (χ4n) is 4.07. The maximum absolute atomic E-state index is 16.1. The van der Waals surface area contributed by atoms with Crippen LogP contribution in [0.1, 0.15) is 0 Å². The number of hydrogen-bond donors (Lipinski definition) is 0. The molecule has 2 radical (unpaired) electrons. The Kier molecular flexibility index (Phi) is 5.78. The van der Waals surface area contributed by atoms with Gasteiger partial charge in [0.1, 0.15) is 13.7 Å². The Labute approximate surface area is 195 Å². The number of hydrogen-bond acceptors (Lipinski definition) is 1. The molecule has 0 amide bonds. The van der Waals surface area contributed by atoms with Crippen LogP contribution in [0.2, 0.25) is 0 Å². The monoisotopic (exact) mass is 425 g/mol. The van der Waals surface area contributed by atoms with Crippen molar-refractivity contribution in [2.24, 2.45) is 0 Å². The van der Waals surface area contributed by atoms with Crippen molar-refractivity contribution in [3.63, 3.8) is 0 Å². The van der Waals surface area contributed by atoms with E-state index in [2.05, 4.69) is 6.07 Å². The van der Waals surface area contributed by atoms with Gasteiger partial charge in [0.05, 0.1) is 5.69 Å². The van der Waals surface area contributed by atoms with Crippen molar-refractivity contribution in [1.29, 1.82) is 0 Å². The molecule has 0 aliphatic rings. The molecule has 0 bridgehead atoms. The first-order valence-electron chi connectivity index (χ1n) is 10.9. The van der Waals surface area contributed by atoms with Gasteiger partial charge in [0.15, 0.2) is 0 Å². The summed E-state index contributed by atoms with van der Waals surface area (Å²) in [6.45, 7) is 0. The van der Waals surface area contributed by atoms with Gasteiger partial charge in [-0.05, 0) is 53.1 Å². The van der Waals surface area contributed by atoms with Crippen molar-refractivity contribution < 1.29 is 4.39 Å². The van der Waals surface area contributed by atoms with Gasteiger partial charge in [-0.2, -0.15) is 0 Å². The molecule has 0 aliphatic carbocycles. The summed E-state index contributed by atoms with van der Waals surface area (Å²) in [4.78, 5) is 1.95. The van der Waals surface area contributed by atoms with Crippen LogP contribution >= 0.6 is 0 Å². The molecule has 156 valence electrons. The van der Waals surface area contributed by atoms with Crippen molar-refractivity contribution in [3.05, 3.63) is 133 Å². The molecule has 0 aromatic heterocycles. The van der Waals surface area contributed by atoms with Crippen molar-refractivity contribution in [2.45, 2.75) is 0 Å². The molecule has 0 spiro atoms. The first kappa shape index (κ1) is 20.8. The van der Waals surface area contributed by atoms with E-state index < -0.39 is 0 Å². The molecule has 0 aliphatic heterocycles. The summed E-state index contributed by atoms with van der Waals surface area (Å²) in [7, 11) is 5.95. The SMILES string of the molecule is [B]c1ccc(N(c2ccccc2)c2c(F)cc(-c3ccccc3)cc2-c2ccccc2)cc1. The molecule has 33 heavy (non-hydrogen) atoms. The van der Waals surface area contributed by atoms with Crippen LogP contribution < -0.4 is 10.4 Å². The minimum atomic E-state index is -0.295. The summed E-state index contributed by atoms with van der Waals surface area (Å²) in [6.07, 6.45) is 0. The summed E-state index contributed by atoms with van der Waals surface area (Å²) in [5.41, 5.74) is 6.42. The molecule has 3 heteroatoms. The highest BCUT2D eigenvalue weighted by Crippen LogP contribution is 2.44. The van der Waals surface area contributed by atoms with Crippen LogP contribution in [0.4, 0.5) is 21.5 Å². The van der Waals surface area contributed by atoms with E-state index in [-0.39, 0.29) is 5.82 Å². The van der Waals surface area contributed by atoms with Gasteiger partial charge in [0.2, 0.25) is 0 Å². The molecule has 0 fully saturated rings. The van der Waals surface area contributed by atoms with E-state index in [0.29, 0.717) is 11.2 Å². The predicted octanol–water partition coefficient (Wildman–Crippen LogP) is 7.42. The summed E-state index contributed by atoms with van der Waals surface area (Å²) in [6, 6.07) is 40.9. The Morgan fingerprint density at radius 1 is 0.515 bits per heavy atom. The maximum atomic E-state index is 16.1. The molecule has 0 atom stereocenters. The molecular formula is C30H21BFN. The standard InChI is InChI=1S/C30H21BFN/c31-25-16-18-27(19-17-25)33(26-14-8-3-9-15-26)30-28(23-12-6-2-7-13-23)20-24(21-29(30)32)22-10-4-1-5-11-22/h1-21H. The zero-order chi connectivity index (χ0) is 22.6. The molecule has 5 aromatic rings. The van der Waals surface area contributed by atoms with Crippen LogP contribution in [-0.2, 0) is 0 Å². The van der Waals surface area contributed by atoms with E-state index in [9.17, 15) is 0 Å². The fraction of sp³-hybridized carbons (Fsp3) is 0. The van der Waals surface area contributed by atoms with Crippen LogP contribution in [0.25, 0.3) is 22.3 Å².